The average molecular weight is 559 g/mol. The molecule has 1 aromatic carbocycles. The summed E-state index contributed by atoms with van der Waals surface area (Å²) < 4.78 is 33.5. The van der Waals surface area contributed by atoms with Gasteiger partial charge in [-0.25, -0.2) is 18.2 Å². The van der Waals surface area contributed by atoms with Gasteiger partial charge in [0.25, 0.3) is 5.56 Å². The first-order valence-electron chi connectivity index (χ1n) is 12.1. The van der Waals surface area contributed by atoms with E-state index in [4.69, 9.17) is 9.72 Å². The zero-order valence-electron chi connectivity index (χ0n) is 21.6. The van der Waals surface area contributed by atoms with E-state index in [9.17, 15) is 23.3 Å². The minimum absolute atomic E-state index is 0.105. The Morgan fingerprint density at radius 2 is 2.05 bits per heavy atom. The first kappa shape index (κ1) is 27.4. The molecule has 0 unspecified atom stereocenters. The minimum Gasteiger partial charge on any atom is -0.444 e. The molecule has 1 fully saturated rings. The highest BCUT2D eigenvalue weighted by Gasteiger charge is 2.28. The van der Waals surface area contributed by atoms with E-state index in [0.29, 0.717) is 34.9 Å². The number of nitrogens with zero attached hydrogens (tertiary/aromatic N) is 4. The molecule has 0 spiro atoms. The summed E-state index contributed by atoms with van der Waals surface area (Å²) in [5.74, 6) is 0.334. The minimum atomic E-state index is -3.60. The molecule has 0 aliphatic carbocycles. The van der Waals surface area contributed by atoms with Gasteiger partial charge in [-0.1, -0.05) is 18.2 Å². The number of ether oxygens (including phenoxy) is 1. The van der Waals surface area contributed by atoms with Crippen molar-refractivity contribution in [3.63, 3.8) is 0 Å². The number of sulfonamides is 1. The topological polar surface area (TPSA) is 146 Å². The summed E-state index contributed by atoms with van der Waals surface area (Å²) in [6, 6.07) is 8.94. The molecule has 1 saturated heterocycles. The number of aromatic nitrogens is 2. The van der Waals surface area contributed by atoms with Crippen LogP contribution in [0.4, 0.5) is 16.4 Å². The van der Waals surface area contributed by atoms with Crippen molar-refractivity contribution in [2.75, 3.05) is 29.0 Å². The number of anilines is 2. The Labute approximate surface area is 225 Å². The van der Waals surface area contributed by atoms with Gasteiger partial charge in [0.15, 0.2) is 0 Å². The summed E-state index contributed by atoms with van der Waals surface area (Å²) in [5, 5.41) is 14.0. The van der Waals surface area contributed by atoms with Crippen LogP contribution in [-0.2, 0) is 21.3 Å². The van der Waals surface area contributed by atoms with E-state index in [1.54, 1.807) is 50.4 Å². The standard InChI is InChI=1S/C25H30N6O5S2/c1-25(2,3)36-24(33)27-18-10-7-11-30(14-18)23-28-20-19(29-38(4,34)35)15-37-21(20)22(32)31(23)13-17-9-6-5-8-16(17)12-26/h5-6,8-9,15,18,29H,7,10-11,13-14H2,1-4H3,(H,27,33)/t18-/m1/s1. The maximum Gasteiger partial charge on any atom is 0.407 e. The Bertz CT molecular complexity index is 1570. The van der Waals surface area contributed by atoms with E-state index in [0.717, 1.165) is 30.4 Å². The number of thiophene rings is 1. The molecule has 1 aliphatic heterocycles. The molecule has 38 heavy (non-hydrogen) atoms. The number of carbonyl (C=O) groups excluding carboxylic acids is 1. The molecule has 1 aliphatic rings. The van der Waals surface area contributed by atoms with E-state index >= 15 is 0 Å². The quantitative estimate of drug-likeness (QED) is 0.469. The number of nitrogens with one attached hydrogen (secondary N) is 2. The number of hydrogen-bond acceptors (Lipinski definition) is 9. The van der Waals surface area contributed by atoms with Crippen LogP contribution in [0, 0.1) is 11.3 Å². The summed E-state index contributed by atoms with van der Waals surface area (Å²) >= 11 is 1.11. The number of alkyl carbamates (subject to hydrolysis) is 1. The predicted molar refractivity (Wildman–Crippen MR) is 147 cm³/mol. The first-order chi connectivity index (χ1) is 17.8. The average Bonchev–Trinajstić information content (AvgIpc) is 3.21. The van der Waals surface area contributed by atoms with Crippen molar-refractivity contribution >= 4 is 49.3 Å². The van der Waals surface area contributed by atoms with Gasteiger partial charge in [-0.05, 0) is 45.2 Å². The maximum absolute atomic E-state index is 13.7. The molecule has 3 aromatic rings. The Hall–Kier alpha value is -3.63. The number of amides is 1. The number of fused-ring (bicyclic) bond motifs is 1. The van der Waals surface area contributed by atoms with Gasteiger partial charge < -0.3 is 15.0 Å². The van der Waals surface area contributed by atoms with Crippen molar-refractivity contribution in [1.82, 2.24) is 14.9 Å². The van der Waals surface area contributed by atoms with Crippen LogP contribution < -0.4 is 20.5 Å². The summed E-state index contributed by atoms with van der Waals surface area (Å²) in [7, 11) is -3.60. The fourth-order valence-electron chi connectivity index (χ4n) is 4.33. The van der Waals surface area contributed by atoms with E-state index in [-0.39, 0.29) is 29.3 Å². The predicted octanol–water partition coefficient (Wildman–Crippen LogP) is 3.24. The van der Waals surface area contributed by atoms with Crippen molar-refractivity contribution in [2.24, 2.45) is 0 Å². The Morgan fingerprint density at radius 1 is 1.32 bits per heavy atom. The number of benzene rings is 1. The zero-order chi connectivity index (χ0) is 27.7. The van der Waals surface area contributed by atoms with Crippen LogP contribution in [0.2, 0.25) is 0 Å². The lowest BCUT2D eigenvalue weighted by Gasteiger charge is -2.35. The fraction of sp³-hybridized carbons (Fsp3) is 0.440. The van der Waals surface area contributed by atoms with Gasteiger partial charge in [0.2, 0.25) is 16.0 Å². The second-order valence-electron chi connectivity index (χ2n) is 10.2. The Morgan fingerprint density at radius 3 is 2.74 bits per heavy atom. The molecule has 0 bridgehead atoms. The fourth-order valence-corrected chi connectivity index (χ4v) is 5.85. The van der Waals surface area contributed by atoms with Gasteiger partial charge in [-0.2, -0.15) is 5.26 Å². The van der Waals surface area contributed by atoms with Gasteiger partial charge in [0.05, 0.1) is 30.1 Å². The highest BCUT2D eigenvalue weighted by molar-refractivity contribution is 7.92. The van der Waals surface area contributed by atoms with Crippen molar-refractivity contribution in [3.05, 3.63) is 51.1 Å². The normalized spacial score (nSPS) is 16.2. The van der Waals surface area contributed by atoms with Crippen LogP contribution in [0.5, 0.6) is 0 Å². The molecule has 1 atom stereocenters. The molecule has 2 aromatic heterocycles. The van der Waals surface area contributed by atoms with E-state index in [1.165, 1.54) is 4.57 Å². The smallest absolute Gasteiger partial charge is 0.407 e. The van der Waals surface area contributed by atoms with Gasteiger partial charge in [0, 0.05) is 24.5 Å². The van der Waals surface area contributed by atoms with E-state index in [2.05, 4.69) is 16.1 Å². The number of rotatable bonds is 6. The molecular weight excluding hydrogens is 528 g/mol. The highest BCUT2D eigenvalue weighted by atomic mass is 32.2. The van der Waals surface area contributed by atoms with Crippen molar-refractivity contribution in [1.29, 1.82) is 5.26 Å². The Balaban J connectivity index is 1.77. The zero-order valence-corrected chi connectivity index (χ0v) is 23.3. The molecule has 3 heterocycles. The van der Waals surface area contributed by atoms with Crippen molar-refractivity contribution in [3.8, 4) is 6.07 Å². The molecule has 13 heteroatoms. The molecule has 0 saturated carbocycles. The summed E-state index contributed by atoms with van der Waals surface area (Å²) in [6.45, 7) is 6.42. The van der Waals surface area contributed by atoms with E-state index < -0.39 is 21.7 Å². The molecule has 0 radical (unpaired) electrons. The number of carbonyl (C=O) groups is 1. The van der Waals surface area contributed by atoms with Gasteiger partial charge in [-0.15, -0.1) is 11.3 Å². The second-order valence-corrected chi connectivity index (χ2v) is 12.8. The third kappa shape index (κ3) is 6.43. The maximum atomic E-state index is 13.7. The highest BCUT2D eigenvalue weighted by Crippen LogP contribution is 2.30. The van der Waals surface area contributed by atoms with Crippen molar-refractivity contribution < 1.29 is 17.9 Å². The van der Waals surface area contributed by atoms with Gasteiger partial charge >= 0.3 is 6.09 Å². The summed E-state index contributed by atoms with van der Waals surface area (Å²) in [4.78, 5) is 32.8. The first-order valence-corrected chi connectivity index (χ1v) is 14.8. The largest absolute Gasteiger partial charge is 0.444 e. The lowest BCUT2D eigenvalue weighted by molar-refractivity contribution is 0.0499. The van der Waals surface area contributed by atoms with Gasteiger partial charge in [-0.3, -0.25) is 14.1 Å². The molecule has 11 nitrogen and oxygen atoms in total. The third-order valence-electron chi connectivity index (χ3n) is 5.84. The van der Waals surface area contributed by atoms with E-state index in [1.807, 2.05) is 4.90 Å². The lowest BCUT2D eigenvalue weighted by atomic mass is 10.1. The number of hydrogen-bond donors (Lipinski definition) is 2. The SMILES string of the molecule is CC(C)(C)OC(=O)N[C@@H]1CCCN(c2nc3c(NS(C)(=O)=O)csc3c(=O)n2Cc2ccccc2C#N)C1. The van der Waals surface area contributed by atoms with Crippen molar-refractivity contribution in [2.45, 2.75) is 51.8 Å². The summed E-state index contributed by atoms with van der Waals surface area (Å²) in [6.07, 6.45) is 1.96. The molecule has 1 amide bonds. The molecule has 4 rings (SSSR count). The van der Waals surface area contributed by atoms with Crippen LogP contribution in [-0.4, -0.2) is 55.1 Å². The van der Waals surface area contributed by atoms with Crippen LogP contribution >= 0.6 is 11.3 Å². The van der Waals surface area contributed by atoms with Crippen LogP contribution in [0.1, 0.15) is 44.7 Å². The number of nitriles is 1. The third-order valence-corrected chi connectivity index (χ3v) is 7.39. The molecule has 202 valence electrons. The van der Waals surface area contributed by atoms with Gasteiger partial charge in [0.1, 0.15) is 15.8 Å². The second kappa shape index (κ2) is 10.6. The van der Waals surface area contributed by atoms with Crippen LogP contribution in [0.15, 0.2) is 34.4 Å². The van der Waals surface area contributed by atoms with Crippen LogP contribution in [0.25, 0.3) is 10.2 Å². The lowest BCUT2D eigenvalue weighted by Crippen LogP contribution is -2.50. The number of piperidine rings is 1. The molecular formula is C25H30N6O5S2. The molecule has 2 N–H and O–H groups in total. The van der Waals surface area contributed by atoms with Crippen LogP contribution in [0.3, 0.4) is 0 Å². The summed E-state index contributed by atoms with van der Waals surface area (Å²) in [5.41, 5.74) is 0.613. The Kier molecular flexibility index (Phi) is 7.66. The monoisotopic (exact) mass is 558 g/mol.